The van der Waals surface area contributed by atoms with E-state index in [0.29, 0.717) is 12.4 Å². The fraction of sp³-hybridized carbons (Fsp3) is 0.455. The minimum Gasteiger partial charge on any atom is -0.462 e. The summed E-state index contributed by atoms with van der Waals surface area (Å²) in [6.07, 6.45) is 1.54. The van der Waals surface area contributed by atoms with Crippen molar-refractivity contribution in [3.8, 4) is 0 Å². The van der Waals surface area contributed by atoms with Gasteiger partial charge in [0.1, 0.15) is 35.2 Å². The van der Waals surface area contributed by atoms with Gasteiger partial charge in [-0.1, -0.05) is 0 Å². The van der Waals surface area contributed by atoms with E-state index in [1.807, 2.05) is 6.92 Å². The molecule has 2 heterocycles. The number of nitrogens with zero attached hydrogens (tertiary/aromatic N) is 3. The maximum atomic E-state index is 12.2. The summed E-state index contributed by atoms with van der Waals surface area (Å²) in [5.74, 6) is 0.970. The molecule has 0 aliphatic carbocycles. The molecule has 0 bridgehead atoms. The predicted octanol–water partition coefficient (Wildman–Crippen LogP) is 0.170. The van der Waals surface area contributed by atoms with Crippen LogP contribution in [0.25, 0.3) is 0 Å². The first-order chi connectivity index (χ1) is 9.47. The van der Waals surface area contributed by atoms with Gasteiger partial charge in [-0.25, -0.2) is 13.1 Å². The fourth-order valence-electron chi connectivity index (χ4n) is 1.79. The number of furan rings is 1. The maximum Gasteiger partial charge on any atom is 0.244 e. The number of aliphatic hydroxyl groups excluding tert-OH is 1. The summed E-state index contributed by atoms with van der Waals surface area (Å²) in [6.45, 7) is 3.79. The summed E-state index contributed by atoms with van der Waals surface area (Å²) in [6, 6.07) is 1.31. The number of sulfonamides is 1. The number of rotatable bonds is 6. The summed E-state index contributed by atoms with van der Waals surface area (Å²) in [7, 11) is -3.72. The molecule has 0 atom stereocenters. The van der Waals surface area contributed by atoms with Gasteiger partial charge in [-0.3, -0.25) is 0 Å². The Morgan fingerprint density at radius 2 is 2.25 bits per heavy atom. The Labute approximate surface area is 116 Å². The topological polar surface area (TPSA) is 110 Å². The van der Waals surface area contributed by atoms with Crippen molar-refractivity contribution in [1.82, 2.24) is 19.5 Å². The molecule has 2 aromatic rings. The maximum absolute atomic E-state index is 12.2. The van der Waals surface area contributed by atoms with Gasteiger partial charge in [-0.2, -0.15) is 0 Å². The van der Waals surface area contributed by atoms with E-state index in [9.17, 15) is 8.42 Å². The van der Waals surface area contributed by atoms with Crippen LogP contribution in [-0.4, -0.2) is 28.3 Å². The molecule has 110 valence electrons. The summed E-state index contributed by atoms with van der Waals surface area (Å²) >= 11 is 0. The molecule has 8 nitrogen and oxygen atoms in total. The second-order valence-electron chi connectivity index (χ2n) is 4.15. The van der Waals surface area contributed by atoms with Crippen LogP contribution in [0.4, 0.5) is 0 Å². The summed E-state index contributed by atoms with van der Waals surface area (Å²) in [5, 5.41) is 16.5. The molecule has 2 N–H and O–H groups in total. The van der Waals surface area contributed by atoms with Crippen LogP contribution in [0.2, 0.25) is 0 Å². The number of aromatic nitrogens is 3. The first-order valence-corrected chi connectivity index (χ1v) is 7.52. The van der Waals surface area contributed by atoms with E-state index >= 15 is 0 Å². The summed E-state index contributed by atoms with van der Waals surface area (Å²) in [5.41, 5.74) is 0. The molecule has 2 rings (SSSR count). The van der Waals surface area contributed by atoms with Crippen LogP contribution in [0.15, 0.2) is 21.7 Å². The van der Waals surface area contributed by atoms with E-state index in [0.717, 1.165) is 0 Å². The third kappa shape index (κ3) is 2.89. The third-order valence-corrected chi connectivity index (χ3v) is 4.33. The highest BCUT2D eigenvalue weighted by molar-refractivity contribution is 7.89. The minimum absolute atomic E-state index is 0.0177. The van der Waals surface area contributed by atoms with Gasteiger partial charge in [0.05, 0.1) is 6.54 Å². The Hall–Kier alpha value is -1.71. The van der Waals surface area contributed by atoms with Crippen molar-refractivity contribution < 1.29 is 17.9 Å². The quantitative estimate of drug-likeness (QED) is 0.787. The highest BCUT2D eigenvalue weighted by atomic mass is 32.2. The Bertz CT molecular complexity index is 689. The van der Waals surface area contributed by atoms with E-state index in [1.165, 1.54) is 19.3 Å². The van der Waals surface area contributed by atoms with E-state index < -0.39 is 10.0 Å². The van der Waals surface area contributed by atoms with Gasteiger partial charge in [0.15, 0.2) is 0 Å². The second-order valence-corrected chi connectivity index (χ2v) is 5.88. The molecule has 0 amide bonds. The van der Waals surface area contributed by atoms with Gasteiger partial charge in [0, 0.05) is 12.6 Å². The smallest absolute Gasteiger partial charge is 0.244 e. The number of aryl methyl sites for hydroxylation is 2. The van der Waals surface area contributed by atoms with E-state index in [4.69, 9.17) is 9.52 Å². The molecule has 2 aromatic heterocycles. The van der Waals surface area contributed by atoms with Crippen molar-refractivity contribution in [1.29, 1.82) is 0 Å². The number of hydrogen-bond donors (Lipinski definition) is 2. The first-order valence-electron chi connectivity index (χ1n) is 6.04. The highest BCUT2D eigenvalue weighted by Gasteiger charge is 2.21. The van der Waals surface area contributed by atoms with Crippen LogP contribution in [-0.2, 0) is 29.7 Å². The zero-order valence-electron chi connectivity index (χ0n) is 11.2. The zero-order chi connectivity index (χ0) is 14.8. The molecule has 0 saturated carbocycles. The Morgan fingerprint density at radius 3 is 2.85 bits per heavy atom. The SMILES string of the molecule is CCn1cnnc1CNS(=O)(=O)c1cc(CO)oc1C. The fourth-order valence-corrected chi connectivity index (χ4v) is 2.97. The lowest BCUT2D eigenvalue weighted by atomic mass is 10.4. The van der Waals surface area contributed by atoms with E-state index in [1.54, 1.807) is 4.57 Å². The molecule has 20 heavy (non-hydrogen) atoms. The van der Waals surface area contributed by atoms with Crippen LogP contribution in [0, 0.1) is 6.92 Å². The Morgan fingerprint density at radius 1 is 1.50 bits per heavy atom. The average Bonchev–Trinajstić information content (AvgIpc) is 3.02. The molecule has 0 aliphatic rings. The average molecular weight is 300 g/mol. The van der Waals surface area contributed by atoms with Gasteiger partial charge in [0.25, 0.3) is 0 Å². The van der Waals surface area contributed by atoms with Gasteiger partial charge in [0.2, 0.25) is 10.0 Å². The van der Waals surface area contributed by atoms with Crippen molar-refractivity contribution in [3.05, 3.63) is 29.7 Å². The Kier molecular flexibility index (Phi) is 4.21. The molecule has 0 aliphatic heterocycles. The zero-order valence-corrected chi connectivity index (χ0v) is 12.0. The molecule has 0 unspecified atom stereocenters. The normalized spacial score (nSPS) is 11.9. The number of nitrogens with one attached hydrogen (secondary N) is 1. The number of aliphatic hydroxyl groups is 1. The predicted molar refractivity (Wildman–Crippen MR) is 69.1 cm³/mol. The van der Waals surface area contributed by atoms with Gasteiger partial charge < -0.3 is 14.1 Å². The molecule has 9 heteroatoms. The molecule has 0 spiro atoms. The summed E-state index contributed by atoms with van der Waals surface area (Å²) < 4.78 is 33.6. The molecule has 0 saturated heterocycles. The van der Waals surface area contributed by atoms with Crippen molar-refractivity contribution in [3.63, 3.8) is 0 Å². The van der Waals surface area contributed by atoms with E-state index in [2.05, 4.69) is 14.9 Å². The third-order valence-electron chi connectivity index (χ3n) is 2.83. The second kappa shape index (κ2) is 5.73. The van der Waals surface area contributed by atoms with Crippen molar-refractivity contribution in [2.45, 2.75) is 38.4 Å². The molecule has 0 radical (unpaired) electrons. The van der Waals surface area contributed by atoms with Crippen LogP contribution in [0.3, 0.4) is 0 Å². The lowest BCUT2D eigenvalue weighted by Gasteiger charge is -2.06. The van der Waals surface area contributed by atoms with Crippen LogP contribution in [0.1, 0.15) is 24.3 Å². The minimum atomic E-state index is -3.72. The summed E-state index contributed by atoms with van der Waals surface area (Å²) in [4.78, 5) is 0.0177. The largest absolute Gasteiger partial charge is 0.462 e. The molecule has 0 aromatic carbocycles. The van der Waals surface area contributed by atoms with Crippen molar-refractivity contribution in [2.24, 2.45) is 0 Å². The number of hydrogen-bond acceptors (Lipinski definition) is 6. The molecular weight excluding hydrogens is 284 g/mol. The van der Waals surface area contributed by atoms with Crippen molar-refractivity contribution in [2.75, 3.05) is 0 Å². The van der Waals surface area contributed by atoms with Gasteiger partial charge >= 0.3 is 0 Å². The highest BCUT2D eigenvalue weighted by Crippen LogP contribution is 2.20. The first kappa shape index (κ1) is 14.7. The lowest BCUT2D eigenvalue weighted by molar-refractivity contribution is 0.244. The molecular formula is C11H16N4O4S. The standard InChI is InChI=1S/C11H16N4O4S/c1-3-15-7-12-14-11(15)5-13-20(17,18)10-4-9(6-16)19-8(10)2/h4,7,13,16H,3,5-6H2,1-2H3. The van der Waals surface area contributed by atoms with Gasteiger partial charge in [-0.05, 0) is 13.8 Å². The van der Waals surface area contributed by atoms with Crippen LogP contribution < -0.4 is 4.72 Å². The lowest BCUT2D eigenvalue weighted by Crippen LogP contribution is -2.25. The van der Waals surface area contributed by atoms with Crippen LogP contribution in [0.5, 0.6) is 0 Å². The van der Waals surface area contributed by atoms with Crippen LogP contribution >= 0.6 is 0 Å². The Balaban J connectivity index is 2.17. The van der Waals surface area contributed by atoms with Crippen molar-refractivity contribution >= 4 is 10.0 Å². The van der Waals surface area contributed by atoms with E-state index in [-0.39, 0.29) is 29.6 Å². The van der Waals surface area contributed by atoms with Gasteiger partial charge in [-0.15, -0.1) is 10.2 Å². The monoisotopic (exact) mass is 300 g/mol. The molecule has 0 fully saturated rings.